The molecule has 1 aliphatic heterocycles. The van der Waals surface area contributed by atoms with E-state index in [2.05, 4.69) is 20.0 Å². The molecule has 1 aromatic heterocycles. The molecule has 0 saturated carbocycles. The number of aryl methyl sites for hydroxylation is 2. The molecule has 0 bridgehead atoms. The number of hydrogen-bond acceptors (Lipinski definition) is 6. The number of anilines is 1. The Morgan fingerprint density at radius 3 is 2.67 bits per heavy atom. The summed E-state index contributed by atoms with van der Waals surface area (Å²) in [5.74, 6) is 2.21. The molecule has 6 nitrogen and oxygen atoms in total. The highest BCUT2D eigenvalue weighted by atomic mass is 19.3. The lowest BCUT2D eigenvalue weighted by atomic mass is 10.1. The van der Waals surface area contributed by atoms with Crippen LogP contribution in [0.5, 0.6) is 17.2 Å². The summed E-state index contributed by atoms with van der Waals surface area (Å²) < 4.78 is 40.3. The molecule has 0 aliphatic carbocycles. The Hall–Kier alpha value is -2.64. The van der Waals surface area contributed by atoms with E-state index in [1.807, 2.05) is 13.0 Å². The van der Waals surface area contributed by atoms with E-state index in [0.717, 1.165) is 12.1 Å². The first-order valence-corrected chi connectivity index (χ1v) is 7.51. The summed E-state index contributed by atoms with van der Waals surface area (Å²) in [6.45, 7) is 1.19. The molecule has 2 aromatic rings. The number of hydrogen-bond donors (Lipinski definition) is 1. The van der Waals surface area contributed by atoms with Crippen molar-refractivity contribution in [1.29, 1.82) is 0 Å². The van der Waals surface area contributed by atoms with Crippen LogP contribution in [-0.2, 0) is 13.0 Å². The molecular formula is C16H17F2N3O3. The van der Waals surface area contributed by atoms with Crippen molar-refractivity contribution in [2.45, 2.75) is 33.4 Å². The zero-order valence-electron chi connectivity index (χ0n) is 13.3. The first kappa shape index (κ1) is 16.2. The molecule has 0 unspecified atom stereocenters. The van der Waals surface area contributed by atoms with Gasteiger partial charge in [-0.1, -0.05) is 6.92 Å². The summed E-state index contributed by atoms with van der Waals surface area (Å²) in [7, 11) is 0. The van der Waals surface area contributed by atoms with E-state index in [1.165, 1.54) is 6.07 Å². The second-order valence-corrected chi connectivity index (χ2v) is 5.19. The Kier molecular flexibility index (Phi) is 4.64. The smallest absolute Gasteiger partial charge is 0.387 e. The van der Waals surface area contributed by atoms with Crippen LogP contribution in [0.25, 0.3) is 0 Å². The summed E-state index contributed by atoms with van der Waals surface area (Å²) >= 11 is 0. The number of halogens is 2. The molecule has 1 N–H and O–H groups in total. The summed E-state index contributed by atoms with van der Waals surface area (Å²) in [6.07, 6.45) is 0.780. The lowest BCUT2D eigenvalue weighted by Crippen LogP contribution is -2.09. The molecule has 0 atom stereocenters. The van der Waals surface area contributed by atoms with Gasteiger partial charge in [0, 0.05) is 29.9 Å². The third-order valence-electron chi connectivity index (χ3n) is 3.48. The molecular weight excluding hydrogens is 320 g/mol. The highest BCUT2D eigenvalue weighted by Gasteiger charge is 2.20. The van der Waals surface area contributed by atoms with Gasteiger partial charge in [0.25, 0.3) is 0 Å². The van der Waals surface area contributed by atoms with Gasteiger partial charge in [-0.25, -0.2) is 9.97 Å². The monoisotopic (exact) mass is 337 g/mol. The van der Waals surface area contributed by atoms with Gasteiger partial charge in [-0.2, -0.15) is 8.78 Å². The van der Waals surface area contributed by atoms with Gasteiger partial charge in [0.15, 0.2) is 11.5 Å². The maximum atomic E-state index is 12.6. The third kappa shape index (κ3) is 3.64. The van der Waals surface area contributed by atoms with Gasteiger partial charge in [0.1, 0.15) is 17.4 Å². The Labute approximate surface area is 137 Å². The molecule has 2 heterocycles. The van der Waals surface area contributed by atoms with Crippen molar-refractivity contribution in [3.8, 4) is 17.2 Å². The van der Waals surface area contributed by atoms with Crippen LogP contribution < -0.4 is 19.5 Å². The quantitative estimate of drug-likeness (QED) is 0.872. The largest absolute Gasteiger partial charge is 0.454 e. The summed E-state index contributed by atoms with van der Waals surface area (Å²) in [4.78, 5) is 8.59. The Balaban J connectivity index is 1.82. The molecule has 0 spiro atoms. The average molecular weight is 337 g/mol. The molecule has 0 saturated heterocycles. The fourth-order valence-electron chi connectivity index (χ4n) is 2.40. The van der Waals surface area contributed by atoms with Gasteiger partial charge in [-0.15, -0.1) is 0 Å². The van der Waals surface area contributed by atoms with Crippen molar-refractivity contribution in [2.24, 2.45) is 0 Å². The second-order valence-electron chi connectivity index (χ2n) is 5.19. The van der Waals surface area contributed by atoms with Crippen LogP contribution in [0, 0.1) is 6.92 Å². The molecule has 128 valence electrons. The molecule has 1 aromatic carbocycles. The van der Waals surface area contributed by atoms with E-state index in [9.17, 15) is 8.78 Å². The van der Waals surface area contributed by atoms with E-state index in [4.69, 9.17) is 9.47 Å². The minimum absolute atomic E-state index is 0.0447. The molecule has 0 fully saturated rings. The van der Waals surface area contributed by atoms with Gasteiger partial charge < -0.3 is 19.5 Å². The predicted octanol–water partition coefficient (Wildman–Crippen LogP) is 3.29. The van der Waals surface area contributed by atoms with Crippen LogP contribution >= 0.6 is 0 Å². The number of benzene rings is 1. The maximum Gasteiger partial charge on any atom is 0.387 e. The minimum atomic E-state index is -2.92. The topological polar surface area (TPSA) is 65.5 Å². The standard InChI is InChI=1S/C16H17F2N3O3/c1-3-11-5-15(21-9(2)20-11)19-7-10-4-13-14(23-8-22-13)6-12(10)24-16(17)18/h4-6,16H,3,7-8H2,1-2H3,(H,19,20,21). The first-order valence-electron chi connectivity index (χ1n) is 7.51. The van der Waals surface area contributed by atoms with Crippen molar-refractivity contribution in [2.75, 3.05) is 12.1 Å². The number of aromatic nitrogens is 2. The van der Waals surface area contributed by atoms with Gasteiger partial charge >= 0.3 is 6.61 Å². The van der Waals surface area contributed by atoms with E-state index in [-0.39, 0.29) is 19.1 Å². The van der Waals surface area contributed by atoms with Crippen molar-refractivity contribution < 1.29 is 23.0 Å². The van der Waals surface area contributed by atoms with Crippen LogP contribution in [0.1, 0.15) is 24.0 Å². The third-order valence-corrected chi connectivity index (χ3v) is 3.48. The van der Waals surface area contributed by atoms with Gasteiger partial charge in [-0.3, -0.25) is 0 Å². The average Bonchev–Trinajstić information content (AvgIpc) is 2.98. The highest BCUT2D eigenvalue weighted by molar-refractivity contribution is 5.53. The lowest BCUT2D eigenvalue weighted by Gasteiger charge is -2.13. The van der Waals surface area contributed by atoms with Gasteiger partial charge in [0.05, 0.1) is 0 Å². The number of rotatable bonds is 6. The van der Waals surface area contributed by atoms with E-state index in [0.29, 0.717) is 28.7 Å². The van der Waals surface area contributed by atoms with Gasteiger partial charge in [0.2, 0.25) is 6.79 Å². The van der Waals surface area contributed by atoms with Crippen molar-refractivity contribution >= 4 is 5.82 Å². The number of alkyl halides is 2. The molecule has 3 rings (SSSR count). The van der Waals surface area contributed by atoms with E-state index in [1.54, 1.807) is 13.0 Å². The highest BCUT2D eigenvalue weighted by Crippen LogP contribution is 2.38. The summed E-state index contributed by atoms with van der Waals surface area (Å²) in [6, 6.07) is 4.86. The second kappa shape index (κ2) is 6.86. The zero-order chi connectivity index (χ0) is 17.1. The van der Waals surface area contributed by atoms with Crippen LogP contribution in [0.4, 0.5) is 14.6 Å². The Morgan fingerprint density at radius 2 is 1.96 bits per heavy atom. The summed E-state index contributed by atoms with van der Waals surface area (Å²) in [5.41, 5.74) is 1.42. The maximum absolute atomic E-state index is 12.6. The molecule has 0 amide bonds. The number of nitrogens with one attached hydrogen (secondary N) is 1. The SMILES string of the molecule is CCc1cc(NCc2cc3c(cc2OC(F)F)OCO3)nc(C)n1. The Morgan fingerprint density at radius 1 is 1.21 bits per heavy atom. The van der Waals surface area contributed by atoms with Crippen LogP contribution in [0.2, 0.25) is 0 Å². The molecule has 0 radical (unpaired) electrons. The van der Waals surface area contributed by atoms with Crippen molar-refractivity contribution in [3.05, 3.63) is 35.3 Å². The van der Waals surface area contributed by atoms with E-state index >= 15 is 0 Å². The molecule has 1 aliphatic rings. The Bertz CT molecular complexity index is 741. The normalized spacial score (nSPS) is 12.5. The van der Waals surface area contributed by atoms with Crippen LogP contribution in [-0.4, -0.2) is 23.4 Å². The molecule has 24 heavy (non-hydrogen) atoms. The van der Waals surface area contributed by atoms with E-state index < -0.39 is 6.61 Å². The number of ether oxygens (including phenoxy) is 3. The van der Waals surface area contributed by atoms with Crippen molar-refractivity contribution in [3.63, 3.8) is 0 Å². The number of nitrogens with zero attached hydrogens (tertiary/aromatic N) is 2. The van der Waals surface area contributed by atoms with Crippen LogP contribution in [0.3, 0.4) is 0 Å². The minimum Gasteiger partial charge on any atom is -0.454 e. The molecule has 8 heteroatoms. The van der Waals surface area contributed by atoms with Gasteiger partial charge in [-0.05, 0) is 19.4 Å². The summed E-state index contributed by atoms with van der Waals surface area (Å²) in [5, 5.41) is 3.11. The first-order chi connectivity index (χ1) is 11.5. The predicted molar refractivity (Wildman–Crippen MR) is 82.7 cm³/mol. The lowest BCUT2D eigenvalue weighted by molar-refractivity contribution is -0.0504. The fraction of sp³-hybridized carbons (Fsp3) is 0.375. The van der Waals surface area contributed by atoms with Crippen LogP contribution in [0.15, 0.2) is 18.2 Å². The fourth-order valence-corrected chi connectivity index (χ4v) is 2.40. The number of fused-ring (bicyclic) bond motifs is 1. The zero-order valence-corrected chi connectivity index (χ0v) is 13.3. The van der Waals surface area contributed by atoms with Crippen molar-refractivity contribution in [1.82, 2.24) is 9.97 Å².